The fourth-order valence-corrected chi connectivity index (χ4v) is 2.83. The number of hydrogen-bond donors (Lipinski definition) is 1. The van der Waals surface area contributed by atoms with Crippen molar-refractivity contribution in [1.29, 1.82) is 0 Å². The normalized spacial score (nSPS) is 15.4. The molecule has 1 aliphatic heterocycles. The molecule has 1 aromatic rings. The second kappa shape index (κ2) is 7.80. The third kappa shape index (κ3) is 4.05. The van der Waals surface area contributed by atoms with Crippen molar-refractivity contribution in [2.24, 2.45) is 11.7 Å². The lowest BCUT2D eigenvalue weighted by molar-refractivity contribution is 0.0686. The zero-order chi connectivity index (χ0) is 15.1. The molecule has 0 saturated carbocycles. The van der Waals surface area contributed by atoms with Crippen molar-refractivity contribution in [2.45, 2.75) is 32.6 Å². The number of rotatable bonds is 3. The molecule has 21 heavy (non-hydrogen) atoms. The van der Waals surface area contributed by atoms with E-state index < -0.39 is 0 Å². The molecule has 1 aromatic heterocycles. The minimum absolute atomic E-state index is 0.0636. The van der Waals surface area contributed by atoms with E-state index in [1.165, 1.54) is 12.8 Å². The smallest absolute Gasteiger partial charge is 0.255 e. The van der Waals surface area contributed by atoms with E-state index in [1.807, 2.05) is 4.90 Å². The summed E-state index contributed by atoms with van der Waals surface area (Å²) >= 11 is 0. The molecule has 1 fully saturated rings. The maximum atomic E-state index is 12.6. The zero-order valence-corrected chi connectivity index (χ0v) is 12.6. The first-order valence-electron chi connectivity index (χ1n) is 7.68. The highest BCUT2D eigenvalue weighted by molar-refractivity contribution is 5.96. The number of aromatic nitrogens is 1. The number of carbonyl (C=O) groups excluding carboxylic acids is 1. The van der Waals surface area contributed by atoms with Crippen molar-refractivity contribution in [2.75, 3.05) is 19.6 Å². The summed E-state index contributed by atoms with van der Waals surface area (Å²) in [7, 11) is 0. The first-order chi connectivity index (χ1) is 10.3. The van der Waals surface area contributed by atoms with Crippen molar-refractivity contribution in [3.63, 3.8) is 0 Å². The number of carbonyl (C=O) groups is 1. The second-order valence-corrected chi connectivity index (χ2v) is 5.45. The number of nitrogens with two attached hydrogens (primary N) is 1. The van der Waals surface area contributed by atoms with Crippen molar-refractivity contribution in [3.8, 4) is 11.8 Å². The fraction of sp³-hybridized carbons (Fsp3) is 0.529. The molecule has 4 nitrogen and oxygen atoms in total. The quantitative estimate of drug-likeness (QED) is 0.865. The SMILES string of the molecule is CCCC1CCN(C(=O)c2ccncc2C#CCN)CC1. The average Bonchev–Trinajstić information content (AvgIpc) is 2.53. The van der Waals surface area contributed by atoms with E-state index in [2.05, 4.69) is 23.7 Å². The van der Waals surface area contributed by atoms with E-state index in [9.17, 15) is 4.79 Å². The fourth-order valence-electron chi connectivity index (χ4n) is 2.83. The van der Waals surface area contributed by atoms with Crippen LogP contribution in [0.4, 0.5) is 0 Å². The monoisotopic (exact) mass is 285 g/mol. The Balaban J connectivity index is 2.07. The van der Waals surface area contributed by atoms with Gasteiger partial charge in [0.2, 0.25) is 0 Å². The number of pyridine rings is 1. The minimum atomic E-state index is 0.0636. The van der Waals surface area contributed by atoms with Gasteiger partial charge in [0.25, 0.3) is 5.91 Å². The summed E-state index contributed by atoms with van der Waals surface area (Å²) < 4.78 is 0. The summed E-state index contributed by atoms with van der Waals surface area (Å²) in [4.78, 5) is 18.6. The van der Waals surface area contributed by atoms with Gasteiger partial charge in [0.05, 0.1) is 17.7 Å². The highest BCUT2D eigenvalue weighted by Gasteiger charge is 2.24. The second-order valence-electron chi connectivity index (χ2n) is 5.45. The summed E-state index contributed by atoms with van der Waals surface area (Å²) in [5.41, 5.74) is 6.71. The molecule has 2 heterocycles. The van der Waals surface area contributed by atoms with Gasteiger partial charge in [-0.05, 0) is 24.8 Å². The first kappa shape index (κ1) is 15.5. The van der Waals surface area contributed by atoms with Crippen LogP contribution in [-0.4, -0.2) is 35.4 Å². The van der Waals surface area contributed by atoms with Gasteiger partial charge in [-0.2, -0.15) is 0 Å². The van der Waals surface area contributed by atoms with Crippen LogP contribution in [0.1, 0.15) is 48.5 Å². The van der Waals surface area contributed by atoms with E-state index in [1.54, 1.807) is 18.5 Å². The average molecular weight is 285 g/mol. The lowest BCUT2D eigenvalue weighted by atomic mass is 9.92. The van der Waals surface area contributed by atoms with Crippen LogP contribution in [0.25, 0.3) is 0 Å². The summed E-state index contributed by atoms with van der Waals surface area (Å²) in [5.74, 6) is 6.57. The minimum Gasteiger partial charge on any atom is -0.339 e. The van der Waals surface area contributed by atoms with Crippen LogP contribution >= 0.6 is 0 Å². The van der Waals surface area contributed by atoms with Crippen LogP contribution < -0.4 is 5.73 Å². The van der Waals surface area contributed by atoms with Crippen LogP contribution in [-0.2, 0) is 0 Å². The van der Waals surface area contributed by atoms with Crippen molar-refractivity contribution >= 4 is 5.91 Å². The maximum Gasteiger partial charge on any atom is 0.255 e. The molecule has 1 saturated heterocycles. The van der Waals surface area contributed by atoms with E-state index in [-0.39, 0.29) is 12.5 Å². The Labute approximate surface area is 126 Å². The van der Waals surface area contributed by atoms with Crippen molar-refractivity contribution < 1.29 is 4.79 Å². The molecule has 0 spiro atoms. The Morgan fingerprint density at radius 2 is 2.24 bits per heavy atom. The summed E-state index contributed by atoms with van der Waals surface area (Å²) in [6.45, 7) is 4.19. The van der Waals surface area contributed by atoms with Gasteiger partial charge < -0.3 is 10.6 Å². The largest absolute Gasteiger partial charge is 0.339 e. The van der Waals surface area contributed by atoms with Gasteiger partial charge in [0.15, 0.2) is 0 Å². The summed E-state index contributed by atoms with van der Waals surface area (Å²) in [6, 6.07) is 1.75. The summed E-state index contributed by atoms with van der Waals surface area (Å²) in [6.07, 6.45) is 7.99. The molecular formula is C17H23N3O. The lowest BCUT2D eigenvalue weighted by Crippen LogP contribution is -2.38. The van der Waals surface area contributed by atoms with Gasteiger partial charge in [-0.15, -0.1) is 0 Å². The Bertz CT molecular complexity index is 536. The van der Waals surface area contributed by atoms with Gasteiger partial charge in [0.1, 0.15) is 0 Å². The van der Waals surface area contributed by atoms with Crippen molar-refractivity contribution in [1.82, 2.24) is 9.88 Å². The van der Waals surface area contributed by atoms with Gasteiger partial charge in [0, 0.05) is 25.5 Å². The Morgan fingerprint density at radius 1 is 1.48 bits per heavy atom. The molecule has 0 radical (unpaired) electrons. The molecule has 2 N–H and O–H groups in total. The Kier molecular flexibility index (Phi) is 5.77. The molecule has 4 heteroatoms. The topological polar surface area (TPSA) is 59.2 Å². The molecule has 0 atom stereocenters. The van der Waals surface area contributed by atoms with Crippen LogP contribution in [0.5, 0.6) is 0 Å². The van der Waals surface area contributed by atoms with Crippen LogP contribution in [0.3, 0.4) is 0 Å². The number of amides is 1. The van der Waals surface area contributed by atoms with E-state index in [0.29, 0.717) is 11.1 Å². The van der Waals surface area contributed by atoms with Crippen LogP contribution in [0, 0.1) is 17.8 Å². The van der Waals surface area contributed by atoms with Crippen molar-refractivity contribution in [3.05, 3.63) is 29.6 Å². The first-order valence-corrected chi connectivity index (χ1v) is 7.68. The molecule has 1 amide bonds. The number of piperidine rings is 1. The molecule has 0 unspecified atom stereocenters. The van der Waals surface area contributed by atoms with E-state index in [4.69, 9.17) is 5.73 Å². The molecule has 0 bridgehead atoms. The molecule has 0 aromatic carbocycles. The van der Waals surface area contributed by atoms with Crippen LogP contribution in [0.15, 0.2) is 18.5 Å². The molecule has 1 aliphatic rings. The third-order valence-electron chi connectivity index (χ3n) is 3.98. The molecular weight excluding hydrogens is 262 g/mol. The van der Waals surface area contributed by atoms with Crippen LogP contribution in [0.2, 0.25) is 0 Å². The van der Waals surface area contributed by atoms with Gasteiger partial charge in [-0.25, -0.2) is 0 Å². The van der Waals surface area contributed by atoms with Gasteiger partial charge in [-0.1, -0.05) is 31.6 Å². The number of nitrogens with zero attached hydrogens (tertiary/aromatic N) is 2. The third-order valence-corrected chi connectivity index (χ3v) is 3.98. The van der Waals surface area contributed by atoms with Gasteiger partial charge in [-0.3, -0.25) is 9.78 Å². The zero-order valence-electron chi connectivity index (χ0n) is 12.6. The lowest BCUT2D eigenvalue weighted by Gasteiger charge is -2.32. The summed E-state index contributed by atoms with van der Waals surface area (Å²) in [5, 5.41) is 0. The standard InChI is InChI=1S/C17H23N3O/c1-2-4-14-7-11-20(12-8-14)17(21)16-6-10-19-13-15(16)5-3-9-18/h6,10,13-14H,2,4,7-9,11-12,18H2,1H3. The Morgan fingerprint density at radius 3 is 2.90 bits per heavy atom. The van der Waals surface area contributed by atoms with E-state index in [0.717, 1.165) is 31.8 Å². The molecule has 0 aliphatic carbocycles. The highest BCUT2D eigenvalue weighted by Crippen LogP contribution is 2.23. The predicted molar refractivity (Wildman–Crippen MR) is 83.7 cm³/mol. The number of likely N-dealkylation sites (tertiary alicyclic amines) is 1. The predicted octanol–water partition coefficient (Wildman–Crippen LogP) is 2.04. The Hall–Kier alpha value is -1.86. The maximum absolute atomic E-state index is 12.6. The molecule has 2 rings (SSSR count). The van der Waals surface area contributed by atoms with Gasteiger partial charge >= 0.3 is 0 Å². The number of hydrogen-bond acceptors (Lipinski definition) is 3. The highest BCUT2D eigenvalue weighted by atomic mass is 16.2. The van der Waals surface area contributed by atoms with E-state index >= 15 is 0 Å². The molecule has 112 valence electrons.